The molecule has 0 aromatic heterocycles. The fraction of sp³-hybridized carbons (Fsp3) is 0.429. The summed E-state index contributed by atoms with van der Waals surface area (Å²) in [5.41, 5.74) is 1.21. The van der Waals surface area contributed by atoms with Crippen LogP contribution in [0.3, 0.4) is 0 Å². The van der Waals surface area contributed by atoms with Gasteiger partial charge in [-0.2, -0.15) is 0 Å². The summed E-state index contributed by atoms with van der Waals surface area (Å²) in [6, 6.07) is 8.16. The lowest BCUT2D eigenvalue weighted by Gasteiger charge is -2.14. The van der Waals surface area contributed by atoms with Crippen LogP contribution in [0.5, 0.6) is 5.75 Å². The molecule has 0 aliphatic heterocycles. The van der Waals surface area contributed by atoms with E-state index in [1.165, 1.54) is 5.56 Å². The zero-order valence-electron chi connectivity index (χ0n) is 10.2. The maximum Gasteiger partial charge on any atom is 0.124 e. The summed E-state index contributed by atoms with van der Waals surface area (Å²) in [4.78, 5) is 0. The molecule has 0 atom stereocenters. The lowest BCUT2D eigenvalue weighted by Crippen LogP contribution is -2.16. The van der Waals surface area contributed by atoms with Gasteiger partial charge in [-0.3, -0.25) is 0 Å². The lowest BCUT2D eigenvalue weighted by molar-refractivity contribution is 0.239. The largest absolute Gasteiger partial charge is 0.491 e. The Balaban J connectivity index is 2.53. The molecule has 0 saturated carbocycles. The smallest absolute Gasteiger partial charge is 0.124 e. The zero-order valence-corrected chi connectivity index (χ0v) is 10.2. The molecule has 0 aliphatic carbocycles. The van der Waals surface area contributed by atoms with Gasteiger partial charge in [0.15, 0.2) is 0 Å². The minimum absolute atomic E-state index is 0.217. The molecular formula is C14H21NO. The van der Waals surface area contributed by atoms with Crippen LogP contribution in [0.25, 0.3) is 0 Å². The predicted octanol–water partition coefficient (Wildman–Crippen LogP) is 3.14. The zero-order chi connectivity index (χ0) is 11.8. The van der Waals surface area contributed by atoms with Gasteiger partial charge in [-0.05, 0) is 32.9 Å². The first-order chi connectivity index (χ1) is 7.74. The van der Waals surface area contributed by atoms with E-state index in [0.717, 1.165) is 25.3 Å². The Morgan fingerprint density at radius 2 is 2.12 bits per heavy atom. The lowest BCUT2D eigenvalue weighted by atomic mass is 10.2. The molecule has 0 fully saturated rings. The first kappa shape index (κ1) is 12.8. The van der Waals surface area contributed by atoms with Gasteiger partial charge in [0.2, 0.25) is 0 Å². The van der Waals surface area contributed by atoms with Gasteiger partial charge in [0.25, 0.3) is 0 Å². The summed E-state index contributed by atoms with van der Waals surface area (Å²) in [6.45, 7) is 9.59. The molecule has 1 aromatic rings. The fourth-order valence-electron chi connectivity index (χ4n) is 1.45. The Labute approximate surface area is 98.3 Å². The highest BCUT2D eigenvalue weighted by molar-refractivity contribution is 5.33. The third kappa shape index (κ3) is 4.49. The summed E-state index contributed by atoms with van der Waals surface area (Å²) in [5.74, 6) is 0.976. The van der Waals surface area contributed by atoms with Crippen LogP contribution in [-0.4, -0.2) is 12.6 Å². The van der Waals surface area contributed by atoms with Gasteiger partial charge in [0.1, 0.15) is 5.75 Å². The Morgan fingerprint density at radius 3 is 2.81 bits per heavy atom. The van der Waals surface area contributed by atoms with Crippen molar-refractivity contribution >= 4 is 0 Å². The monoisotopic (exact) mass is 219 g/mol. The van der Waals surface area contributed by atoms with Crippen molar-refractivity contribution in [2.45, 2.75) is 32.9 Å². The summed E-state index contributed by atoms with van der Waals surface area (Å²) in [5, 5.41) is 3.36. The average Bonchev–Trinajstić information content (AvgIpc) is 2.26. The highest BCUT2D eigenvalue weighted by Gasteiger charge is 2.03. The minimum atomic E-state index is 0.217. The summed E-state index contributed by atoms with van der Waals surface area (Å²) >= 11 is 0. The number of hydrogen-bond donors (Lipinski definition) is 1. The average molecular weight is 219 g/mol. The van der Waals surface area contributed by atoms with Crippen LogP contribution in [0.4, 0.5) is 0 Å². The second-order valence-electron chi connectivity index (χ2n) is 4.03. The van der Waals surface area contributed by atoms with E-state index in [0.29, 0.717) is 0 Å². The molecule has 16 heavy (non-hydrogen) atoms. The third-order valence-electron chi connectivity index (χ3n) is 2.18. The van der Waals surface area contributed by atoms with E-state index < -0.39 is 0 Å². The van der Waals surface area contributed by atoms with Gasteiger partial charge >= 0.3 is 0 Å². The molecule has 0 saturated heterocycles. The molecular weight excluding hydrogens is 198 g/mol. The van der Waals surface area contributed by atoms with Crippen molar-refractivity contribution in [1.29, 1.82) is 0 Å². The molecule has 1 N–H and O–H groups in total. The normalized spacial score (nSPS) is 10.4. The van der Waals surface area contributed by atoms with Crippen molar-refractivity contribution in [3.05, 3.63) is 42.5 Å². The number of rotatable bonds is 7. The van der Waals surface area contributed by atoms with Crippen LogP contribution in [0.15, 0.2) is 36.9 Å². The van der Waals surface area contributed by atoms with Crippen molar-refractivity contribution in [2.24, 2.45) is 0 Å². The van der Waals surface area contributed by atoms with Crippen molar-refractivity contribution in [2.75, 3.05) is 6.54 Å². The van der Waals surface area contributed by atoms with E-state index in [2.05, 4.69) is 18.0 Å². The number of ether oxygens (including phenoxy) is 1. The Hall–Kier alpha value is -1.28. The Kier molecular flexibility index (Phi) is 5.65. The number of hydrogen-bond acceptors (Lipinski definition) is 2. The third-order valence-corrected chi connectivity index (χ3v) is 2.18. The molecule has 0 bridgehead atoms. The standard InChI is InChI=1S/C14H21NO/c1-4-5-10-15-11-13-8-6-7-9-14(13)16-12(2)3/h4,6-9,12,15H,1,5,10-11H2,2-3H3. The fourth-order valence-corrected chi connectivity index (χ4v) is 1.45. The molecule has 0 radical (unpaired) electrons. The first-order valence-corrected chi connectivity index (χ1v) is 5.80. The van der Waals surface area contributed by atoms with Crippen LogP contribution < -0.4 is 10.1 Å². The van der Waals surface area contributed by atoms with Gasteiger partial charge in [-0.15, -0.1) is 6.58 Å². The first-order valence-electron chi connectivity index (χ1n) is 5.80. The number of para-hydroxylation sites is 1. The van der Waals surface area contributed by atoms with Crippen molar-refractivity contribution in [3.8, 4) is 5.75 Å². The van der Waals surface area contributed by atoms with E-state index in [-0.39, 0.29) is 6.10 Å². The van der Waals surface area contributed by atoms with Crippen LogP contribution in [0.1, 0.15) is 25.8 Å². The summed E-state index contributed by atoms with van der Waals surface area (Å²) in [7, 11) is 0. The van der Waals surface area contributed by atoms with E-state index in [4.69, 9.17) is 4.74 Å². The highest BCUT2D eigenvalue weighted by atomic mass is 16.5. The topological polar surface area (TPSA) is 21.3 Å². The molecule has 0 heterocycles. The van der Waals surface area contributed by atoms with Crippen molar-refractivity contribution in [3.63, 3.8) is 0 Å². The molecule has 0 unspecified atom stereocenters. The maximum atomic E-state index is 5.74. The van der Waals surface area contributed by atoms with E-state index in [1.807, 2.05) is 38.1 Å². The van der Waals surface area contributed by atoms with Crippen LogP contribution in [0, 0.1) is 0 Å². The van der Waals surface area contributed by atoms with Crippen LogP contribution >= 0.6 is 0 Å². The SMILES string of the molecule is C=CCCNCc1ccccc1OC(C)C. The highest BCUT2D eigenvalue weighted by Crippen LogP contribution is 2.18. The Morgan fingerprint density at radius 1 is 1.38 bits per heavy atom. The molecule has 2 nitrogen and oxygen atoms in total. The van der Waals surface area contributed by atoms with E-state index >= 15 is 0 Å². The Bertz CT molecular complexity index is 320. The molecule has 0 aliphatic rings. The molecule has 0 spiro atoms. The van der Waals surface area contributed by atoms with Gasteiger partial charge in [-0.25, -0.2) is 0 Å². The number of nitrogens with one attached hydrogen (secondary N) is 1. The molecule has 0 amide bonds. The molecule has 2 heteroatoms. The van der Waals surface area contributed by atoms with Crippen molar-refractivity contribution < 1.29 is 4.74 Å². The van der Waals surface area contributed by atoms with Crippen LogP contribution in [-0.2, 0) is 6.54 Å². The van der Waals surface area contributed by atoms with E-state index in [9.17, 15) is 0 Å². The summed E-state index contributed by atoms with van der Waals surface area (Å²) in [6.07, 6.45) is 3.13. The van der Waals surface area contributed by atoms with Gasteiger partial charge < -0.3 is 10.1 Å². The van der Waals surface area contributed by atoms with Crippen LogP contribution in [0.2, 0.25) is 0 Å². The molecule has 88 valence electrons. The predicted molar refractivity (Wildman–Crippen MR) is 68.7 cm³/mol. The maximum absolute atomic E-state index is 5.74. The second kappa shape index (κ2) is 7.07. The summed E-state index contributed by atoms with van der Waals surface area (Å²) < 4.78 is 5.74. The van der Waals surface area contributed by atoms with E-state index in [1.54, 1.807) is 0 Å². The molecule has 1 rings (SSSR count). The quantitative estimate of drug-likeness (QED) is 0.562. The van der Waals surface area contributed by atoms with Gasteiger partial charge in [0.05, 0.1) is 6.10 Å². The van der Waals surface area contributed by atoms with Gasteiger partial charge in [-0.1, -0.05) is 24.3 Å². The number of benzene rings is 1. The second-order valence-corrected chi connectivity index (χ2v) is 4.03. The van der Waals surface area contributed by atoms with Gasteiger partial charge in [0, 0.05) is 12.1 Å². The minimum Gasteiger partial charge on any atom is -0.491 e. The molecule has 1 aromatic carbocycles. The van der Waals surface area contributed by atoms with Crippen molar-refractivity contribution in [1.82, 2.24) is 5.32 Å².